The summed E-state index contributed by atoms with van der Waals surface area (Å²) in [5.41, 5.74) is 0. The largest absolute Gasteiger partial charge is 0.480 e. The molecule has 0 spiro atoms. The summed E-state index contributed by atoms with van der Waals surface area (Å²) in [6.45, 7) is 6.02. The molecule has 1 aliphatic heterocycles. The Morgan fingerprint density at radius 1 is 1.38 bits per heavy atom. The van der Waals surface area contributed by atoms with Crippen LogP contribution >= 0.6 is 0 Å². The fraction of sp³-hybridized carbons (Fsp3) is 0.818. The molecule has 92 valence electrons. The van der Waals surface area contributed by atoms with Crippen LogP contribution in [0.25, 0.3) is 0 Å². The topological polar surface area (TPSA) is 75.6 Å². The van der Waals surface area contributed by atoms with Crippen molar-refractivity contribution < 1.29 is 19.4 Å². The van der Waals surface area contributed by atoms with Crippen LogP contribution in [0.15, 0.2) is 0 Å². The first-order valence-electron chi connectivity index (χ1n) is 5.58. The van der Waals surface area contributed by atoms with E-state index in [-0.39, 0.29) is 23.8 Å². The smallest absolute Gasteiger partial charge is 0.325 e. The van der Waals surface area contributed by atoms with Gasteiger partial charge >= 0.3 is 5.97 Å². The molecule has 1 amide bonds. The number of carboxylic acids is 1. The molecule has 1 heterocycles. The van der Waals surface area contributed by atoms with Gasteiger partial charge in [0.2, 0.25) is 5.91 Å². The summed E-state index contributed by atoms with van der Waals surface area (Å²) in [5, 5.41) is 11.2. The van der Waals surface area contributed by atoms with E-state index in [1.807, 2.05) is 13.8 Å². The van der Waals surface area contributed by atoms with E-state index < -0.39 is 12.0 Å². The molecule has 0 saturated carbocycles. The predicted molar refractivity (Wildman–Crippen MR) is 57.9 cm³/mol. The molecule has 0 aromatic heterocycles. The summed E-state index contributed by atoms with van der Waals surface area (Å²) in [7, 11) is 0. The van der Waals surface area contributed by atoms with Crippen LogP contribution in [0.5, 0.6) is 0 Å². The van der Waals surface area contributed by atoms with Gasteiger partial charge in [0, 0.05) is 6.61 Å². The Morgan fingerprint density at radius 3 is 2.50 bits per heavy atom. The molecule has 0 aliphatic carbocycles. The Bertz CT molecular complexity index is 277. The lowest BCUT2D eigenvalue weighted by atomic mass is 9.92. The van der Waals surface area contributed by atoms with Crippen molar-refractivity contribution in [3.63, 3.8) is 0 Å². The van der Waals surface area contributed by atoms with Crippen molar-refractivity contribution >= 4 is 11.9 Å². The molecule has 16 heavy (non-hydrogen) atoms. The SMILES string of the molecule is CC(C)C1OCCC1C(=O)N[C@H](C)C(=O)O. The van der Waals surface area contributed by atoms with Crippen LogP contribution in [0.4, 0.5) is 0 Å². The molecule has 0 radical (unpaired) electrons. The van der Waals surface area contributed by atoms with Gasteiger partial charge in [0.15, 0.2) is 0 Å². The van der Waals surface area contributed by atoms with Gasteiger partial charge in [-0.15, -0.1) is 0 Å². The number of nitrogens with one attached hydrogen (secondary N) is 1. The van der Waals surface area contributed by atoms with E-state index in [0.717, 1.165) is 0 Å². The van der Waals surface area contributed by atoms with Crippen molar-refractivity contribution in [2.45, 2.75) is 39.3 Å². The average Bonchev–Trinajstić information content (AvgIpc) is 2.65. The lowest BCUT2D eigenvalue weighted by molar-refractivity contribution is -0.142. The average molecular weight is 229 g/mol. The first-order valence-corrected chi connectivity index (χ1v) is 5.58. The Hall–Kier alpha value is -1.10. The van der Waals surface area contributed by atoms with Crippen molar-refractivity contribution in [2.75, 3.05) is 6.61 Å². The Morgan fingerprint density at radius 2 is 2.00 bits per heavy atom. The zero-order valence-corrected chi connectivity index (χ0v) is 9.90. The molecule has 0 aromatic carbocycles. The summed E-state index contributed by atoms with van der Waals surface area (Å²) >= 11 is 0. The number of carbonyl (C=O) groups is 2. The maximum atomic E-state index is 11.8. The summed E-state index contributed by atoms with van der Waals surface area (Å²) in [6.07, 6.45) is 0.571. The number of ether oxygens (including phenoxy) is 1. The minimum absolute atomic E-state index is 0.0963. The highest BCUT2D eigenvalue weighted by Crippen LogP contribution is 2.26. The normalized spacial score (nSPS) is 26.8. The first-order chi connectivity index (χ1) is 7.43. The summed E-state index contributed by atoms with van der Waals surface area (Å²) in [6, 6.07) is -0.846. The maximum Gasteiger partial charge on any atom is 0.325 e. The molecule has 1 aliphatic rings. The highest BCUT2D eigenvalue weighted by atomic mass is 16.5. The van der Waals surface area contributed by atoms with Crippen molar-refractivity contribution in [1.29, 1.82) is 0 Å². The van der Waals surface area contributed by atoms with Crippen molar-refractivity contribution in [3.05, 3.63) is 0 Å². The highest BCUT2D eigenvalue weighted by Gasteiger charge is 2.36. The number of carboxylic acid groups (broad SMARTS) is 1. The zero-order chi connectivity index (χ0) is 12.3. The lowest BCUT2D eigenvalue weighted by Crippen LogP contribution is -2.44. The van der Waals surface area contributed by atoms with Gasteiger partial charge < -0.3 is 15.2 Å². The third kappa shape index (κ3) is 2.95. The van der Waals surface area contributed by atoms with Gasteiger partial charge in [0.1, 0.15) is 6.04 Å². The van der Waals surface area contributed by atoms with Crippen LogP contribution in [-0.4, -0.2) is 35.7 Å². The van der Waals surface area contributed by atoms with Gasteiger partial charge in [-0.3, -0.25) is 9.59 Å². The molecule has 1 rings (SSSR count). The lowest BCUT2D eigenvalue weighted by Gasteiger charge is -2.22. The monoisotopic (exact) mass is 229 g/mol. The molecule has 3 atom stereocenters. The second kappa shape index (κ2) is 5.30. The molecule has 2 unspecified atom stereocenters. The number of aliphatic carboxylic acids is 1. The highest BCUT2D eigenvalue weighted by molar-refractivity contribution is 5.85. The minimum Gasteiger partial charge on any atom is -0.480 e. The third-order valence-corrected chi connectivity index (χ3v) is 2.86. The van der Waals surface area contributed by atoms with Crippen LogP contribution in [0, 0.1) is 11.8 Å². The van der Waals surface area contributed by atoms with Crippen LogP contribution < -0.4 is 5.32 Å². The second-order valence-electron chi connectivity index (χ2n) is 4.54. The molecule has 5 heteroatoms. The maximum absolute atomic E-state index is 11.8. The van der Waals surface area contributed by atoms with Crippen molar-refractivity contribution in [1.82, 2.24) is 5.32 Å². The van der Waals surface area contributed by atoms with E-state index in [1.165, 1.54) is 6.92 Å². The Labute approximate surface area is 95.2 Å². The van der Waals surface area contributed by atoms with Crippen LogP contribution in [0.3, 0.4) is 0 Å². The van der Waals surface area contributed by atoms with Gasteiger partial charge in [0.05, 0.1) is 12.0 Å². The van der Waals surface area contributed by atoms with Gasteiger partial charge in [-0.1, -0.05) is 13.8 Å². The number of hydrogen-bond donors (Lipinski definition) is 2. The van der Waals surface area contributed by atoms with E-state index in [0.29, 0.717) is 13.0 Å². The van der Waals surface area contributed by atoms with E-state index in [9.17, 15) is 9.59 Å². The fourth-order valence-electron chi connectivity index (χ4n) is 1.93. The second-order valence-corrected chi connectivity index (χ2v) is 4.54. The van der Waals surface area contributed by atoms with Crippen LogP contribution in [-0.2, 0) is 14.3 Å². The molecule has 1 fully saturated rings. The summed E-state index contributed by atoms with van der Waals surface area (Å²) < 4.78 is 5.48. The number of amides is 1. The van der Waals surface area contributed by atoms with Gasteiger partial charge in [0.25, 0.3) is 0 Å². The van der Waals surface area contributed by atoms with E-state index in [1.54, 1.807) is 0 Å². The van der Waals surface area contributed by atoms with E-state index >= 15 is 0 Å². The molecular weight excluding hydrogens is 210 g/mol. The number of carbonyl (C=O) groups excluding carboxylic acids is 1. The molecule has 0 bridgehead atoms. The van der Waals surface area contributed by atoms with Gasteiger partial charge in [-0.05, 0) is 19.3 Å². The predicted octanol–water partition coefficient (Wildman–Crippen LogP) is 0.637. The van der Waals surface area contributed by atoms with Gasteiger partial charge in [-0.25, -0.2) is 0 Å². The molecule has 5 nitrogen and oxygen atoms in total. The standard InChI is InChI=1S/C11H19NO4/c1-6(2)9-8(4-5-16-9)10(13)12-7(3)11(14)15/h6-9H,4-5H2,1-3H3,(H,12,13)(H,14,15)/t7-,8?,9?/m1/s1. The number of hydrogen-bond acceptors (Lipinski definition) is 3. The summed E-state index contributed by atoms with van der Waals surface area (Å²) in [5.74, 6) is -1.19. The fourth-order valence-corrected chi connectivity index (χ4v) is 1.93. The third-order valence-electron chi connectivity index (χ3n) is 2.86. The Kier molecular flexibility index (Phi) is 4.29. The Balaban J connectivity index is 2.56. The summed E-state index contributed by atoms with van der Waals surface area (Å²) in [4.78, 5) is 22.4. The number of rotatable bonds is 4. The molecular formula is C11H19NO4. The van der Waals surface area contributed by atoms with Gasteiger partial charge in [-0.2, -0.15) is 0 Å². The molecule has 0 aromatic rings. The van der Waals surface area contributed by atoms with E-state index in [2.05, 4.69) is 5.32 Å². The molecule has 1 saturated heterocycles. The van der Waals surface area contributed by atoms with Crippen LogP contribution in [0.1, 0.15) is 27.2 Å². The van der Waals surface area contributed by atoms with Crippen LogP contribution in [0.2, 0.25) is 0 Å². The molecule has 2 N–H and O–H groups in total. The van der Waals surface area contributed by atoms with Crippen molar-refractivity contribution in [3.8, 4) is 0 Å². The quantitative estimate of drug-likeness (QED) is 0.741. The van der Waals surface area contributed by atoms with E-state index in [4.69, 9.17) is 9.84 Å². The zero-order valence-electron chi connectivity index (χ0n) is 9.90. The minimum atomic E-state index is -1.02. The van der Waals surface area contributed by atoms with Crippen molar-refractivity contribution in [2.24, 2.45) is 11.8 Å². The first kappa shape index (κ1) is 13.0.